The average Bonchev–Trinajstić information content (AvgIpc) is 2.27. The Morgan fingerprint density at radius 2 is 2.08 bits per heavy atom. The fraction of sp³-hybridized carbons (Fsp3) is 0.300. The number of hydrogen-bond acceptors (Lipinski definition) is 2. The van der Waals surface area contributed by atoms with Gasteiger partial charge in [0.2, 0.25) is 0 Å². The summed E-state index contributed by atoms with van der Waals surface area (Å²) in [7, 11) is 1.96. The Morgan fingerprint density at radius 1 is 1.38 bits per heavy atom. The molecule has 2 N–H and O–H groups in total. The van der Waals surface area contributed by atoms with E-state index in [4.69, 9.17) is 5.73 Å². The summed E-state index contributed by atoms with van der Waals surface area (Å²) in [6.45, 7) is 4.06. The third-order valence-corrected chi connectivity index (χ3v) is 2.28. The molecule has 2 heterocycles. The van der Waals surface area contributed by atoms with Crippen LogP contribution in [-0.2, 0) is 7.05 Å². The smallest absolute Gasteiger partial charge is 0.142 e. The summed E-state index contributed by atoms with van der Waals surface area (Å²) in [6, 6.07) is 2.05. The SMILES string of the molecule is Cc1cc(C)c2c(N)cn(C)c2n1. The van der Waals surface area contributed by atoms with Crippen molar-refractivity contribution in [3.63, 3.8) is 0 Å². The summed E-state index contributed by atoms with van der Waals surface area (Å²) < 4.78 is 1.96. The second-order valence-corrected chi connectivity index (χ2v) is 3.47. The number of aromatic nitrogens is 2. The van der Waals surface area contributed by atoms with E-state index in [1.165, 1.54) is 5.56 Å². The molecule has 0 spiro atoms. The van der Waals surface area contributed by atoms with Crippen LogP contribution in [0.1, 0.15) is 11.3 Å². The molecule has 2 rings (SSSR count). The van der Waals surface area contributed by atoms with Gasteiger partial charge < -0.3 is 10.3 Å². The van der Waals surface area contributed by atoms with E-state index in [9.17, 15) is 0 Å². The molecular weight excluding hydrogens is 162 g/mol. The fourth-order valence-electron chi connectivity index (χ4n) is 1.76. The number of nitrogens with zero attached hydrogens (tertiary/aromatic N) is 2. The minimum absolute atomic E-state index is 0.808. The maximum absolute atomic E-state index is 5.87. The fourth-order valence-corrected chi connectivity index (χ4v) is 1.76. The van der Waals surface area contributed by atoms with Crippen LogP contribution < -0.4 is 5.73 Å². The molecule has 0 aliphatic carbocycles. The maximum atomic E-state index is 5.87. The van der Waals surface area contributed by atoms with Gasteiger partial charge in [0.1, 0.15) is 5.65 Å². The molecule has 3 nitrogen and oxygen atoms in total. The van der Waals surface area contributed by atoms with Crippen molar-refractivity contribution in [3.05, 3.63) is 23.5 Å². The van der Waals surface area contributed by atoms with E-state index in [-0.39, 0.29) is 0 Å². The molecule has 0 bridgehead atoms. The number of rotatable bonds is 0. The summed E-state index contributed by atoms with van der Waals surface area (Å²) in [5.74, 6) is 0. The number of aryl methyl sites for hydroxylation is 3. The first-order valence-corrected chi connectivity index (χ1v) is 4.28. The van der Waals surface area contributed by atoms with E-state index in [1.807, 2.05) is 24.7 Å². The van der Waals surface area contributed by atoms with Crippen molar-refractivity contribution in [1.82, 2.24) is 9.55 Å². The standard InChI is InChI=1S/C10H13N3/c1-6-4-7(2)12-10-9(6)8(11)5-13(10)3/h4-5H,11H2,1-3H3. The van der Waals surface area contributed by atoms with Crippen LogP contribution in [0.25, 0.3) is 11.0 Å². The highest BCUT2D eigenvalue weighted by molar-refractivity contribution is 5.92. The number of pyridine rings is 1. The third-order valence-electron chi connectivity index (χ3n) is 2.28. The lowest BCUT2D eigenvalue weighted by Gasteiger charge is -2.00. The maximum Gasteiger partial charge on any atom is 0.142 e. The lowest BCUT2D eigenvalue weighted by atomic mass is 10.1. The molecule has 0 aromatic carbocycles. The van der Waals surface area contributed by atoms with Crippen LogP contribution in [0.15, 0.2) is 12.3 Å². The van der Waals surface area contributed by atoms with Crippen LogP contribution in [-0.4, -0.2) is 9.55 Å². The normalized spacial score (nSPS) is 11.0. The molecule has 2 aromatic heterocycles. The minimum Gasteiger partial charge on any atom is -0.397 e. The number of anilines is 1. The molecule has 0 amide bonds. The van der Waals surface area contributed by atoms with Crippen LogP contribution in [0.5, 0.6) is 0 Å². The van der Waals surface area contributed by atoms with Gasteiger partial charge in [0, 0.05) is 24.3 Å². The lowest BCUT2D eigenvalue weighted by molar-refractivity contribution is 0.943. The van der Waals surface area contributed by atoms with Crippen molar-refractivity contribution in [1.29, 1.82) is 0 Å². The predicted octanol–water partition coefficient (Wildman–Crippen LogP) is 1.77. The molecule has 0 fully saturated rings. The van der Waals surface area contributed by atoms with Crippen LogP contribution in [0.3, 0.4) is 0 Å². The minimum atomic E-state index is 0.808. The molecule has 2 aromatic rings. The van der Waals surface area contributed by atoms with Crippen molar-refractivity contribution in [3.8, 4) is 0 Å². The Kier molecular flexibility index (Phi) is 1.55. The average molecular weight is 175 g/mol. The van der Waals surface area contributed by atoms with Gasteiger partial charge in [-0.25, -0.2) is 4.98 Å². The van der Waals surface area contributed by atoms with Crippen molar-refractivity contribution >= 4 is 16.7 Å². The third kappa shape index (κ3) is 1.08. The highest BCUT2D eigenvalue weighted by Crippen LogP contribution is 2.24. The zero-order chi connectivity index (χ0) is 9.59. The number of nitrogen functional groups attached to an aromatic ring is 1. The Labute approximate surface area is 77.2 Å². The molecule has 3 heteroatoms. The van der Waals surface area contributed by atoms with E-state index < -0.39 is 0 Å². The second kappa shape index (κ2) is 2.49. The quantitative estimate of drug-likeness (QED) is 0.663. The van der Waals surface area contributed by atoms with Crippen LogP contribution >= 0.6 is 0 Å². The lowest BCUT2D eigenvalue weighted by Crippen LogP contribution is -1.91. The number of nitrogens with two attached hydrogens (primary N) is 1. The highest BCUT2D eigenvalue weighted by atomic mass is 15.0. The Balaban J connectivity index is 2.97. The second-order valence-electron chi connectivity index (χ2n) is 3.47. The first kappa shape index (κ1) is 8.10. The molecular formula is C10H13N3. The van der Waals surface area contributed by atoms with Crippen molar-refractivity contribution < 1.29 is 0 Å². The Bertz CT molecular complexity index is 468. The van der Waals surface area contributed by atoms with Gasteiger partial charge in [-0.05, 0) is 25.5 Å². The first-order valence-electron chi connectivity index (χ1n) is 4.28. The van der Waals surface area contributed by atoms with Gasteiger partial charge in [0.05, 0.1) is 5.69 Å². The van der Waals surface area contributed by atoms with E-state index in [0.29, 0.717) is 0 Å². The largest absolute Gasteiger partial charge is 0.397 e. The van der Waals surface area contributed by atoms with Crippen molar-refractivity contribution in [2.24, 2.45) is 7.05 Å². The van der Waals surface area contributed by atoms with Crippen molar-refractivity contribution in [2.75, 3.05) is 5.73 Å². The van der Waals surface area contributed by atoms with E-state index in [2.05, 4.69) is 18.0 Å². The monoisotopic (exact) mass is 175 g/mol. The van der Waals surface area contributed by atoms with Crippen LogP contribution in [0.4, 0.5) is 5.69 Å². The highest BCUT2D eigenvalue weighted by Gasteiger charge is 2.07. The van der Waals surface area contributed by atoms with Gasteiger partial charge in [-0.3, -0.25) is 0 Å². The summed E-state index contributed by atoms with van der Waals surface area (Å²) in [4.78, 5) is 4.44. The van der Waals surface area contributed by atoms with Gasteiger partial charge in [-0.15, -0.1) is 0 Å². The topological polar surface area (TPSA) is 43.8 Å². The van der Waals surface area contributed by atoms with Gasteiger partial charge in [0.25, 0.3) is 0 Å². The molecule has 68 valence electrons. The zero-order valence-corrected chi connectivity index (χ0v) is 8.13. The summed E-state index contributed by atoms with van der Waals surface area (Å²) >= 11 is 0. The molecule has 13 heavy (non-hydrogen) atoms. The molecule has 0 saturated carbocycles. The molecule has 0 aliphatic heterocycles. The molecule has 0 saturated heterocycles. The number of hydrogen-bond donors (Lipinski definition) is 1. The summed E-state index contributed by atoms with van der Waals surface area (Å²) in [5, 5.41) is 1.08. The van der Waals surface area contributed by atoms with Gasteiger partial charge in [-0.2, -0.15) is 0 Å². The first-order chi connectivity index (χ1) is 6.09. The molecule has 0 atom stereocenters. The number of fused-ring (bicyclic) bond motifs is 1. The van der Waals surface area contributed by atoms with Gasteiger partial charge in [0.15, 0.2) is 0 Å². The van der Waals surface area contributed by atoms with Crippen molar-refractivity contribution in [2.45, 2.75) is 13.8 Å². The van der Waals surface area contributed by atoms with Gasteiger partial charge >= 0.3 is 0 Å². The summed E-state index contributed by atoms with van der Waals surface area (Å²) in [6.07, 6.45) is 1.91. The Hall–Kier alpha value is -1.51. The Morgan fingerprint density at radius 3 is 2.77 bits per heavy atom. The molecule has 0 radical (unpaired) electrons. The van der Waals surface area contributed by atoms with E-state index in [1.54, 1.807) is 0 Å². The molecule has 0 aliphatic rings. The van der Waals surface area contributed by atoms with Crippen LogP contribution in [0, 0.1) is 13.8 Å². The molecule has 0 unspecified atom stereocenters. The predicted molar refractivity (Wildman–Crippen MR) is 54.6 cm³/mol. The van der Waals surface area contributed by atoms with E-state index in [0.717, 1.165) is 22.4 Å². The van der Waals surface area contributed by atoms with E-state index >= 15 is 0 Å². The van der Waals surface area contributed by atoms with Crippen LogP contribution in [0.2, 0.25) is 0 Å². The zero-order valence-electron chi connectivity index (χ0n) is 8.13. The van der Waals surface area contributed by atoms with Gasteiger partial charge in [-0.1, -0.05) is 0 Å². The summed E-state index contributed by atoms with van der Waals surface area (Å²) in [5.41, 5.74) is 9.87.